The fraction of sp³-hybridized carbons (Fsp3) is 0.222. The minimum atomic E-state index is -0.590. The molecule has 3 N–H and O–H groups in total. The number of nitrogens with two attached hydrogens (primary N) is 1. The smallest absolute Gasteiger partial charge is 0.255 e. The zero-order chi connectivity index (χ0) is 17.8. The summed E-state index contributed by atoms with van der Waals surface area (Å²) in [4.78, 5) is 24.3. The quantitative estimate of drug-likeness (QED) is 0.859. The van der Waals surface area contributed by atoms with Gasteiger partial charge >= 0.3 is 0 Å². The Morgan fingerprint density at radius 1 is 1.28 bits per heavy atom. The van der Waals surface area contributed by atoms with E-state index >= 15 is 0 Å². The van der Waals surface area contributed by atoms with Gasteiger partial charge in [0.2, 0.25) is 0 Å². The standard InChI is InChI=1S/C18H17FN2O3S/c19-12-4-5-16-14(9-12)15(6-7-25-16)21-18(23)11-2-1-3-13(8-11)24-10-17(20)22/h1-5,8-9,15H,6-7,10H2,(H2,20,22)(H,21,23). The summed E-state index contributed by atoms with van der Waals surface area (Å²) in [5, 5.41) is 2.94. The number of fused-ring (bicyclic) bond motifs is 1. The summed E-state index contributed by atoms with van der Waals surface area (Å²) in [7, 11) is 0. The minimum absolute atomic E-state index is 0.241. The third-order valence-electron chi connectivity index (χ3n) is 3.79. The fourth-order valence-electron chi connectivity index (χ4n) is 2.64. The molecule has 0 fully saturated rings. The summed E-state index contributed by atoms with van der Waals surface area (Å²) in [6.07, 6.45) is 0.727. The lowest BCUT2D eigenvalue weighted by atomic mass is 10.0. The van der Waals surface area contributed by atoms with Crippen LogP contribution in [0, 0.1) is 5.82 Å². The van der Waals surface area contributed by atoms with Gasteiger partial charge in [0.25, 0.3) is 11.8 Å². The van der Waals surface area contributed by atoms with Gasteiger partial charge < -0.3 is 15.8 Å². The van der Waals surface area contributed by atoms with Crippen LogP contribution in [0.1, 0.15) is 28.4 Å². The Morgan fingerprint density at radius 2 is 2.12 bits per heavy atom. The number of amides is 2. The molecule has 1 atom stereocenters. The lowest BCUT2D eigenvalue weighted by molar-refractivity contribution is -0.119. The first-order valence-electron chi connectivity index (χ1n) is 7.77. The van der Waals surface area contributed by atoms with Crippen molar-refractivity contribution < 1.29 is 18.7 Å². The van der Waals surface area contributed by atoms with Crippen LogP contribution >= 0.6 is 11.8 Å². The van der Waals surface area contributed by atoms with E-state index in [1.165, 1.54) is 12.1 Å². The number of hydrogen-bond donors (Lipinski definition) is 2. The maximum absolute atomic E-state index is 13.6. The molecule has 0 aliphatic carbocycles. The van der Waals surface area contributed by atoms with Gasteiger partial charge in [-0.25, -0.2) is 4.39 Å². The topological polar surface area (TPSA) is 81.4 Å². The summed E-state index contributed by atoms with van der Waals surface area (Å²) in [6.45, 7) is -0.252. The number of carbonyl (C=O) groups excluding carboxylic acids is 2. The molecule has 130 valence electrons. The number of ether oxygens (including phenoxy) is 1. The molecule has 0 saturated carbocycles. The van der Waals surface area contributed by atoms with E-state index in [0.29, 0.717) is 11.3 Å². The largest absolute Gasteiger partial charge is 0.484 e. The second kappa shape index (κ2) is 7.57. The van der Waals surface area contributed by atoms with E-state index in [9.17, 15) is 14.0 Å². The maximum Gasteiger partial charge on any atom is 0.255 e. The van der Waals surface area contributed by atoms with Gasteiger partial charge in [-0.1, -0.05) is 6.07 Å². The van der Waals surface area contributed by atoms with Crippen LogP contribution in [-0.4, -0.2) is 24.2 Å². The van der Waals surface area contributed by atoms with Gasteiger partial charge in [0.05, 0.1) is 6.04 Å². The molecule has 2 aromatic rings. The van der Waals surface area contributed by atoms with E-state index in [1.807, 2.05) is 0 Å². The van der Waals surface area contributed by atoms with Gasteiger partial charge in [0.15, 0.2) is 6.61 Å². The van der Waals surface area contributed by atoms with E-state index in [1.54, 1.807) is 42.1 Å². The van der Waals surface area contributed by atoms with E-state index in [0.717, 1.165) is 22.6 Å². The van der Waals surface area contributed by atoms with Crippen molar-refractivity contribution in [3.8, 4) is 5.75 Å². The molecule has 1 heterocycles. The summed E-state index contributed by atoms with van der Waals surface area (Å²) in [6, 6.07) is 10.9. The van der Waals surface area contributed by atoms with Crippen LogP contribution in [0.2, 0.25) is 0 Å². The molecule has 1 unspecified atom stereocenters. The second-order valence-electron chi connectivity index (χ2n) is 5.63. The van der Waals surface area contributed by atoms with Crippen LogP contribution in [-0.2, 0) is 4.79 Å². The Balaban J connectivity index is 1.74. The van der Waals surface area contributed by atoms with E-state index in [4.69, 9.17) is 10.5 Å². The average Bonchev–Trinajstić information content (AvgIpc) is 2.60. The van der Waals surface area contributed by atoms with Crippen molar-refractivity contribution in [2.24, 2.45) is 5.73 Å². The molecule has 0 saturated heterocycles. The zero-order valence-electron chi connectivity index (χ0n) is 13.3. The number of nitrogens with one attached hydrogen (secondary N) is 1. The number of carbonyl (C=O) groups is 2. The molecular formula is C18H17FN2O3S. The van der Waals surface area contributed by atoms with Gasteiger partial charge in [-0.05, 0) is 48.4 Å². The van der Waals surface area contributed by atoms with Crippen molar-refractivity contribution in [2.45, 2.75) is 17.4 Å². The highest BCUT2D eigenvalue weighted by molar-refractivity contribution is 7.99. The molecule has 1 aliphatic rings. The Morgan fingerprint density at radius 3 is 2.92 bits per heavy atom. The molecule has 1 aliphatic heterocycles. The molecule has 3 rings (SSSR count). The normalized spacial score (nSPS) is 16.0. The van der Waals surface area contributed by atoms with Gasteiger partial charge in [-0.2, -0.15) is 0 Å². The first kappa shape index (κ1) is 17.3. The summed E-state index contributed by atoms with van der Waals surface area (Å²) in [5.41, 5.74) is 6.24. The highest BCUT2D eigenvalue weighted by atomic mass is 32.2. The van der Waals surface area contributed by atoms with Gasteiger partial charge in [-0.15, -0.1) is 11.8 Å². The Kier molecular flexibility index (Phi) is 5.23. The maximum atomic E-state index is 13.6. The van der Waals surface area contributed by atoms with Crippen molar-refractivity contribution in [1.29, 1.82) is 0 Å². The molecule has 0 radical (unpaired) electrons. The van der Waals surface area contributed by atoms with Gasteiger partial charge in [0.1, 0.15) is 11.6 Å². The summed E-state index contributed by atoms with van der Waals surface area (Å²) in [5.74, 6) is 0.0509. The molecule has 2 aromatic carbocycles. The molecule has 5 nitrogen and oxygen atoms in total. The van der Waals surface area contributed by atoms with E-state index in [-0.39, 0.29) is 24.4 Å². The highest BCUT2D eigenvalue weighted by Gasteiger charge is 2.23. The Labute approximate surface area is 148 Å². The van der Waals surface area contributed by atoms with Crippen LogP contribution in [0.25, 0.3) is 0 Å². The van der Waals surface area contributed by atoms with Crippen molar-refractivity contribution in [2.75, 3.05) is 12.4 Å². The molecule has 7 heteroatoms. The number of benzene rings is 2. The second-order valence-corrected chi connectivity index (χ2v) is 6.76. The lowest BCUT2D eigenvalue weighted by Crippen LogP contribution is -2.30. The number of thioether (sulfide) groups is 1. The molecule has 0 spiro atoms. The average molecular weight is 360 g/mol. The van der Waals surface area contributed by atoms with E-state index in [2.05, 4.69) is 5.32 Å². The van der Waals surface area contributed by atoms with Crippen LogP contribution in [0.15, 0.2) is 47.4 Å². The SMILES string of the molecule is NC(=O)COc1cccc(C(=O)NC2CCSc3ccc(F)cc32)c1. The summed E-state index contributed by atoms with van der Waals surface area (Å²) < 4.78 is 18.8. The molecule has 0 bridgehead atoms. The van der Waals surface area contributed by atoms with Crippen LogP contribution in [0.4, 0.5) is 4.39 Å². The van der Waals surface area contributed by atoms with Crippen LogP contribution in [0.5, 0.6) is 5.75 Å². The van der Waals surface area contributed by atoms with Crippen molar-refractivity contribution in [3.63, 3.8) is 0 Å². The molecule has 0 aromatic heterocycles. The first-order valence-corrected chi connectivity index (χ1v) is 8.76. The van der Waals surface area contributed by atoms with Crippen LogP contribution < -0.4 is 15.8 Å². The number of halogens is 1. The lowest BCUT2D eigenvalue weighted by Gasteiger charge is -2.26. The molecule has 2 amide bonds. The zero-order valence-corrected chi connectivity index (χ0v) is 14.1. The third kappa shape index (κ3) is 4.30. The van der Waals surface area contributed by atoms with Crippen LogP contribution in [0.3, 0.4) is 0 Å². The molecule has 25 heavy (non-hydrogen) atoms. The van der Waals surface area contributed by atoms with E-state index < -0.39 is 5.91 Å². The minimum Gasteiger partial charge on any atom is -0.484 e. The van der Waals surface area contributed by atoms with Crippen molar-refractivity contribution >= 4 is 23.6 Å². The number of primary amides is 1. The predicted molar refractivity (Wildman–Crippen MR) is 93.1 cm³/mol. The molecular weight excluding hydrogens is 343 g/mol. The Bertz CT molecular complexity index is 813. The van der Waals surface area contributed by atoms with Gasteiger partial charge in [-0.3, -0.25) is 9.59 Å². The monoisotopic (exact) mass is 360 g/mol. The number of rotatable bonds is 5. The Hall–Kier alpha value is -2.54. The third-order valence-corrected chi connectivity index (χ3v) is 4.92. The van der Waals surface area contributed by atoms with Crippen molar-refractivity contribution in [1.82, 2.24) is 5.32 Å². The first-order chi connectivity index (χ1) is 12.0. The highest BCUT2D eigenvalue weighted by Crippen LogP contribution is 2.36. The van der Waals surface area contributed by atoms with Crippen molar-refractivity contribution in [3.05, 3.63) is 59.4 Å². The fourth-order valence-corrected chi connectivity index (χ4v) is 3.74. The van der Waals surface area contributed by atoms with Gasteiger partial charge in [0, 0.05) is 16.2 Å². The predicted octanol–water partition coefficient (Wildman–Crippen LogP) is 2.66. The summed E-state index contributed by atoms with van der Waals surface area (Å²) >= 11 is 1.65. The number of hydrogen-bond acceptors (Lipinski definition) is 4.